The molecular weight excluding hydrogens is 393 g/mol. The summed E-state index contributed by atoms with van der Waals surface area (Å²) in [6.07, 6.45) is 9.72. The van der Waals surface area contributed by atoms with Gasteiger partial charge in [0.1, 0.15) is 5.82 Å². The molecule has 7 nitrogen and oxygen atoms in total. The number of anilines is 1. The number of piperazine rings is 1. The minimum absolute atomic E-state index is 0.0442. The lowest BCUT2D eigenvalue weighted by atomic mass is 9.95. The van der Waals surface area contributed by atoms with Crippen LogP contribution >= 0.6 is 0 Å². The molecule has 1 aromatic carbocycles. The van der Waals surface area contributed by atoms with Crippen LogP contribution in [0.15, 0.2) is 48.8 Å². The van der Waals surface area contributed by atoms with Gasteiger partial charge < -0.3 is 9.80 Å². The first-order valence-electron chi connectivity index (χ1n) is 11.3. The molecule has 1 aliphatic carbocycles. The minimum atomic E-state index is -0.155. The van der Waals surface area contributed by atoms with Crippen LogP contribution < -0.4 is 9.80 Å². The lowest BCUT2D eigenvalue weighted by Crippen LogP contribution is -3.15. The summed E-state index contributed by atoms with van der Waals surface area (Å²) in [4.78, 5) is 7.76. The van der Waals surface area contributed by atoms with Crippen molar-refractivity contribution >= 4 is 5.69 Å². The van der Waals surface area contributed by atoms with Crippen LogP contribution in [0, 0.1) is 5.82 Å². The molecule has 162 valence electrons. The van der Waals surface area contributed by atoms with Gasteiger partial charge in [-0.3, -0.25) is 4.98 Å². The number of nitrogens with zero attached hydrogens (tertiary/aromatic N) is 6. The number of benzene rings is 1. The van der Waals surface area contributed by atoms with Crippen molar-refractivity contribution in [3.8, 4) is 0 Å². The number of hydrogen-bond donors (Lipinski definition) is 1. The maximum Gasteiger partial charge on any atom is 0.214 e. The summed E-state index contributed by atoms with van der Waals surface area (Å²) in [5.74, 6) is 0.783. The third-order valence-corrected chi connectivity index (χ3v) is 6.74. The third-order valence-electron chi connectivity index (χ3n) is 6.74. The first kappa shape index (κ1) is 20.1. The summed E-state index contributed by atoms with van der Waals surface area (Å²) in [6.45, 7) is 3.36. The van der Waals surface area contributed by atoms with E-state index in [0.29, 0.717) is 11.7 Å². The smallest absolute Gasteiger partial charge is 0.214 e. The molecule has 1 N–H and O–H groups in total. The maximum absolute atomic E-state index is 14.3. The fraction of sp³-hybridized carbons (Fsp3) is 0.478. The number of rotatable bonds is 5. The van der Waals surface area contributed by atoms with Crippen molar-refractivity contribution in [2.75, 3.05) is 31.1 Å². The van der Waals surface area contributed by atoms with Gasteiger partial charge in [-0.2, -0.15) is 0 Å². The number of hydrogen-bond acceptors (Lipinski definition) is 5. The van der Waals surface area contributed by atoms with Crippen LogP contribution in [0.5, 0.6) is 0 Å². The molecule has 2 aliphatic rings. The summed E-state index contributed by atoms with van der Waals surface area (Å²) >= 11 is 0. The molecule has 1 saturated carbocycles. The van der Waals surface area contributed by atoms with Crippen LogP contribution in [0.4, 0.5) is 10.1 Å². The average Bonchev–Trinajstić information content (AvgIpc) is 3.31. The molecule has 8 heteroatoms. The second kappa shape index (κ2) is 9.09. The molecule has 3 heterocycles. The number of pyridine rings is 1. The average molecular weight is 423 g/mol. The van der Waals surface area contributed by atoms with E-state index in [1.54, 1.807) is 6.07 Å². The van der Waals surface area contributed by atoms with Crippen LogP contribution in [0.1, 0.15) is 55.6 Å². The normalized spacial score (nSPS) is 19.5. The van der Waals surface area contributed by atoms with Crippen molar-refractivity contribution in [2.24, 2.45) is 0 Å². The van der Waals surface area contributed by atoms with E-state index in [1.807, 2.05) is 24.5 Å². The highest BCUT2D eigenvalue weighted by Gasteiger charge is 2.36. The molecule has 3 aromatic rings. The Labute approximate surface area is 181 Å². The highest BCUT2D eigenvalue weighted by Crippen LogP contribution is 2.30. The highest BCUT2D eigenvalue weighted by atomic mass is 19.1. The topological polar surface area (TPSA) is 64.2 Å². The molecule has 0 unspecified atom stereocenters. The molecule has 1 atom stereocenters. The molecule has 5 rings (SSSR count). The molecule has 1 aliphatic heterocycles. The predicted octanol–water partition coefficient (Wildman–Crippen LogP) is 2.21. The van der Waals surface area contributed by atoms with Crippen molar-refractivity contribution in [1.29, 1.82) is 0 Å². The lowest BCUT2D eigenvalue weighted by Gasteiger charge is -2.37. The molecule has 0 bridgehead atoms. The minimum Gasteiger partial charge on any atom is -0.358 e. The Bertz CT molecular complexity index is 978. The van der Waals surface area contributed by atoms with Gasteiger partial charge in [-0.25, -0.2) is 9.07 Å². The second-order valence-electron chi connectivity index (χ2n) is 8.58. The quantitative estimate of drug-likeness (QED) is 0.683. The Hall–Kier alpha value is -2.87. The summed E-state index contributed by atoms with van der Waals surface area (Å²) in [7, 11) is 0. The Kier molecular flexibility index (Phi) is 5.88. The Morgan fingerprint density at radius 1 is 0.968 bits per heavy atom. The summed E-state index contributed by atoms with van der Waals surface area (Å²) in [6, 6.07) is 11.6. The van der Waals surface area contributed by atoms with Crippen molar-refractivity contribution in [3.05, 3.63) is 66.0 Å². The van der Waals surface area contributed by atoms with E-state index in [2.05, 4.69) is 42.2 Å². The Balaban J connectivity index is 1.41. The van der Waals surface area contributed by atoms with E-state index in [4.69, 9.17) is 0 Å². The summed E-state index contributed by atoms with van der Waals surface area (Å²) in [5.41, 5.74) is 1.87. The Morgan fingerprint density at radius 2 is 1.71 bits per heavy atom. The standard InChI is InChI=1S/C23H28FN7/c24-20-8-4-5-9-21(20)29-14-16-30(17-15-29)22(18-10-12-25-13-11-18)23-26-27-28-31(23)19-6-2-1-3-7-19/h4-5,8-13,19,22H,1-3,6-7,14-17H2/p+1/t22-/m0/s1. The van der Waals surface area contributed by atoms with Gasteiger partial charge in [-0.1, -0.05) is 31.4 Å². The van der Waals surface area contributed by atoms with Crippen LogP contribution in [0.25, 0.3) is 0 Å². The zero-order valence-corrected chi connectivity index (χ0v) is 17.7. The monoisotopic (exact) mass is 422 g/mol. The van der Waals surface area contributed by atoms with Crippen molar-refractivity contribution in [1.82, 2.24) is 25.2 Å². The molecule has 1 saturated heterocycles. The van der Waals surface area contributed by atoms with E-state index < -0.39 is 0 Å². The van der Waals surface area contributed by atoms with Gasteiger partial charge in [0.2, 0.25) is 5.82 Å². The van der Waals surface area contributed by atoms with Crippen LogP contribution in [0.2, 0.25) is 0 Å². The van der Waals surface area contributed by atoms with Gasteiger partial charge in [0.05, 0.1) is 37.9 Å². The maximum atomic E-state index is 14.3. The van der Waals surface area contributed by atoms with Gasteiger partial charge >= 0.3 is 0 Å². The first-order chi connectivity index (χ1) is 15.3. The van der Waals surface area contributed by atoms with E-state index in [9.17, 15) is 4.39 Å². The van der Waals surface area contributed by atoms with E-state index in [1.165, 1.54) is 35.8 Å². The summed E-state index contributed by atoms with van der Waals surface area (Å²) in [5, 5.41) is 13.0. The molecular formula is C23H29FN7+. The molecule has 0 radical (unpaired) electrons. The third kappa shape index (κ3) is 4.17. The highest BCUT2D eigenvalue weighted by molar-refractivity contribution is 5.47. The molecule has 0 amide bonds. The molecule has 31 heavy (non-hydrogen) atoms. The number of aromatic nitrogens is 5. The fourth-order valence-corrected chi connectivity index (χ4v) is 5.13. The van der Waals surface area contributed by atoms with Crippen molar-refractivity contribution in [3.63, 3.8) is 0 Å². The van der Waals surface area contributed by atoms with Crippen molar-refractivity contribution in [2.45, 2.75) is 44.2 Å². The van der Waals surface area contributed by atoms with Gasteiger partial charge in [0.25, 0.3) is 0 Å². The van der Waals surface area contributed by atoms with Crippen molar-refractivity contribution < 1.29 is 9.29 Å². The zero-order chi connectivity index (χ0) is 21.0. The van der Waals surface area contributed by atoms with Gasteiger partial charge in [-0.15, -0.1) is 5.10 Å². The summed E-state index contributed by atoms with van der Waals surface area (Å²) < 4.78 is 16.4. The lowest BCUT2D eigenvalue weighted by molar-refractivity contribution is -0.927. The second-order valence-corrected chi connectivity index (χ2v) is 8.58. The fourth-order valence-electron chi connectivity index (χ4n) is 5.13. The van der Waals surface area contributed by atoms with Gasteiger partial charge in [0, 0.05) is 18.0 Å². The van der Waals surface area contributed by atoms with Gasteiger partial charge in [0.15, 0.2) is 6.04 Å². The number of para-hydroxylation sites is 1. The molecule has 2 fully saturated rings. The van der Waals surface area contributed by atoms with E-state index >= 15 is 0 Å². The predicted molar refractivity (Wildman–Crippen MR) is 115 cm³/mol. The largest absolute Gasteiger partial charge is 0.358 e. The van der Waals surface area contributed by atoms with Crippen LogP contribution in [0.3, 0.4) is 0 Å². The van der Waals surface area contributed by atoms with E-state index in [0.717, 1.165) is 44.8 Å². The van der Waals surface area contributed by atoms with Gasteiger partial charge in [-0.05, 0) is 47.5 Å². The number of quaternary nitrogens is 1. The zero-order valence-electron chi connectivity index (χ0n) is 17.7. The molecule has 0 spiro atoms. The number of halogens is 1. The molecule has 2 aromatic heterocycles. The van der Waals surface area contributed by atoms with Crippen LogP contribution in [-0.2, 0) is 0 Å². The van der Waals surface area contributed by atoms with Crippen LogP contribution in [-0.4, -0.2) is 51.4 Å². The number of nitrogens with one attached hydrogen (secondary N) is 1. The Morgan fingerprint density at radius 3 is 2.45 bits per heavy atom. The first-order valence-corrected chi connectivity index (χ1v) is 11.3. The van der Waals surface area contributed by atoms with E-state index in [-0.39, 0.29) is 11.9 Å². The SMILES string of the molecule is Fc1ccccc1N1CC[NH+]([C@@H](c2ccncc2)c2nnnn2C2CCCCC2)CC1. The number of tetrazole rings is 1.